The van der Waals surface area contributed by atoms with Gasteiger partial charge in [-0.3, -0.25) is 14.0 Å². The van der Waals surface area contributed by atoms with Gasteiger partial charge in [0, 0.05) is 18.1 Å². The summed E-state index contributed by atoms with van der Waals surface area (Å²) in [5.74, 6) is -0.182. The Labute approximate surface area is 130 Å². The van der Waals surface area contributed by atoms with Crippen molar-refractivity contribution in [3.63, 3.8) is 0 Å². The molecule has 0 radical (unpaired) electrons. The molecule has 2 heterocycles. The molecule has 2 N–H and O–H groups in total. The first-order valence-electron chi connectivity index (χ1n) is 6.73. The van der Waals surface area contributed by atoms with E-state index < -0.39 is 0 Å². The lowest BCUT2D eigenvalue weighted by molar-refractivity contribution is -0.119. The molecule has 0 spiro atoms. The lowest BCUT2D eigenvalue weighted by Crippen LogP contribution is -2.31. The topological polar surface area (TPSA) is 75.5 Å². The van der Waals surface area contributed by atoms with E-state index >= 15 is 0 Å². The first kappa shape index (κ1) is 14.3. The van der Waals surface area contributed by atoms with E-state index in [1.807, 2.05) is 30.3 Å². The maximum Gasteiger partial charge on any atom is 0.281 e. The first-order valence-corrected chi connectivity index (χ1v) is 7.61. The zero-order valence-electron chi connectivity index (χ0n) is 11.7. The fraction of sp³-hybridized carbons (Fsp3) is 0.133. The van der Waals surface area contributed by atoms with E-state index in [1.54, 1.807) is 11.6 Å². The van der Waals surface area contributed by atoms with Crippen molar-refractivity contribution in [3.8, 4) is 0 Å². The van der Waals surface area contributed by atoms with Crippen LogP contribution in [0.25, 0.3) is 4.96 Å². The summed E-state index contributed by atoms with van der Waals surface area (Å²) in [6, 6.07) is 9.64. The molecular formula is C15H14N4O2S. The van der Waals surface area contributed by atoms with E-state index in [1.165, 1.54) is 21.9 Å². The highest BCUT2D eigenvalue weighted by atomic mass is 32.1. The Kier molecular flexibility index (Phi) is 4.15. The molecule has 112 valence electrons. The molecule has 0 bridgehead atoms. The van der Waals surface area contributed by atoms with Crippen molar-refractivity contribution in [1.82, 2.24) is 14.7 Å². The summed E-state index contributed by atoms with van der Waals surface area (Å²) in [7, 11) is 0. The summed E-state index contributed by atoms with van der Waals surface area (Å²) in [5.41, 5.74) is 1.13. The van der Waals surface area contributed by atoms with E-state index in [-0.39, 0.29) is 18.0 Å². The monoisotopic (exact) mass is 314 g/mol. The van der Waals surface area contributed by atoms with E-state index in [0.29, 0.717) is 17.2 Å². The van der Waals surface area contributed by atoms with Crippen molar-refractivity contribution in [3.05, 3.63) is 64.0 Å². The highest BCUT2D eigenvalue weighted by molar-refractivity contribution is 7.15. The lowest BCUT2D eigenvalue weighted by Gasteiger charge is -2.07. The fourth-order valence-corrected chi connectivity index (χ4v) is 2.66. The second kappa shape index (κ2) is 6.40. The largest absolute Gasteiger partial charge is 0.370 e. The van der Waals surface area contributed by atoms with Crippen LogP contribution in [0.3, 0.4) is 0 Å². The van der Waals surface area contributed by atoms with Crippen molar-refractivity contribution in [1.29, 1.82) is 0 Å². The average Bonchev–Trinajstić information content (AvgIpc) is 3.03. The van der Waals surface area contributed by atoms with Crippen molar-refractivity contribution < 1.29 is 4.79 Å². The van der Waals surface area contributed by atoms with Gasteiger partial charge in [-0.1, -0.05) is 30.3 Å². The summed E-state index contributed by atoms with van der Waals surface area (Å²) >= 11 is 1.39. The van der Waals surface area contributed by atoms with Crippen molar-refractivity contribution >= 4 is 27.9 Å². The molecule has 6 nitrogen and oxygen atoms in total. The van der Waals surface area contributed by atoms with Gasteiger partial charge in [0.15, 0.2) is 4.96 Å². The molecule has 0 saturated carbocycles. The first-order chi connectivity index (χ1) is 10.7. The van der Waals surface area contributed by atoms with Gasteiger partial charge in [0.1, 0.15) is 5.69 Å². The average molecular weight is 314 g/mol. The molecule has 3 rings (SSSR count). The summed E-state index contributed by atoms with van der Waals surface area (Å²) in [4.78, 5) is 28.7. The maximum absolute atomic E-state index is 12.1. The fourth-order valence-electron chi connectivity index (χ4n) is 1.98. The number of anilines is 1. The minimum atomic E-state index is -0.206. The number of benzene rings is 1. The molecule has 7 heteroatoms. The van der Waals surface area contributed by atoms with Crippen LogP contribution in [0, 0.1) is 0 Å². The molecule has 0 aliphatic carbocycles. The second-order valence-corrected chi connectivity index (χ2v) is 5.52. The Balaban J connectivity index is 1.58. The molecule has 0 fully saturated rings. The number of carbonyl (C=O) groups excluding carboxylic acids is 1. The Morgan fingerprint density at radius 1 is 1.27 bits per heavy atom. The zero-order valence-corrected chi connectivity index (χ0v) is 12.5. The van der Waals surface area contributed by atoms with Crippen LogP contribution in [0.1, 0.15) is 5.56 Å². The third kappa shape index (κ3) is 3.15. The number of hydrogen-bond acceptors (Lipinski definition) is 5. The number of amides is 1. The van der Waals surface area contributed by atoms with Crippen LogP contribution in [0.15, 0.2) is 52.9 Å². The Hall–Kier alpha value is -2.67. The summed E-state index contributed by atoms with van der Waals surface area (Å²) in [6.07, 6.45) is 3.12. The third-order valence-electron chi connectivity index (χ3n) is 3.11. The normalized spacial score (nSPS) is 10.5. The van der Waals surface area contributed by atoms with Crippen molar-refractivity contribution in [2.24, 2.45) is 0 Å². The highest BCUT2D eigenvalue weighted by Gasteiger charge is 2.07. The Morgan fingerprint density at radius 2 is 2.09 bits per heavy atom. The minimum Gasteiger partial charge on any atom is -0.370 e. The molecule has 22 heavy (non-hydrogen) atoms. The van der Waals surface area contributed by atoms with E-state index in [2.05, 4.69) is 15.6 Å². The molecule has 0 unspecified atom stereocenters. The van der Waals surface area contributed by atoms with Gasteiger partial charge in [-0.2, -0.15) is 0 Å². The van der Waals surface area contributed by atoms with Crippen LogP contribution in [0.2, 0.25) is 0 Å². The van der Waals surface area contributed by atoms with Gasteiger partial charge in [-0.05, 0) is 5.56 Å². The van der Waals surface area contributed by atoms with Gasteiger partial charge in [0.2, 0.25) is 5.91 Å². The molecular weight excluding hydrogens is 300 g/mol. The van der Waals surface area contributed by atoms with Crippen LogP contribution < -0.4 is 16.2 Å². The molecule has 0 atom stereocenters. The van der Waals surface area contributed by atoms with Crippen LogP contribution in [-0.2, 0) is 11.3 Å². The standard InChI is InChI=1S/C15H14N4O2S/c20-13(17-8-11-4-2-1-3-5-11)10-16-12-9-18-15-19(14(12)21)6-7-22-15/h1-7,9,16H,8,10H2,(H,17,20). The van der Waals surface area contributed by atoms with Gasteiger partial charge >= 0.3 is 0 Å². The Bertz CT molecular complexity index is 841. The number of rotatable bonds is 5. The molecule has 1 aromatic carbocycles. The van der Waals surface area contributed by atoms with Crippen molar-refractivity contribution in [2.45, 2.75) is 6.54 Å². The number of hydrogen-bond donors (Lipinski definition) is 2. The third-order valence-corrected chi connectivity index (χ3v) is 3.89. The van der Waals surface area contributed by atoms with Crippen LogP contribution in [0.5, 0.6) is 0 Å². The van der Waals surface area contributed by atoms with Gasteiger partial charge in [0.25, 0.3) is 5.56 Å². The number of nitrogens with one attached hydrogen (secondary N) is 2. The van der Waals surface area contributed by atoms with Crippen LogP contribution in [-0.4, -0.2) is 21.8 Å². The Morgan fingerprint density at radius 3 is 2.91 bits per heavy atom. The van der Waals surface area contributed by atoms with Crippen LogP contribution >= 0.6 is 11.3 Å². The molecule has 3 aromatic rings. The predicted molar refractivity (Wildman–Crippen MR) is 86.1 cm³/mol. The number of carbonyl (C=O) groups is 1. The van der Waals surface area contributed by atoms with Gasteiger partial charge in [-0.15, -0.1) is 11.3 Å². The van der Waals surface area contributed by atoms with Gasteiger partial charge in [0.05, 0.1) is 12.7 Å². The molecule has 0 aliphatic heterocycles. The minimum absolute atomic E-state index is 0.0277. The molecule has 0 aliphatic rings. The van der Waals surface area contributed by atoms with E-state index in [9.17, 15) is 9.59 Å². The zero-order chi connectivity index (χ0) is 15.4. The van der Waals surface area contributed by atoms with Gasteiger partial charge in [-0.25, -0.2) is 4.98 Å². The second-order valence-electron chi connectivity index (χ2n) is 4.65. The highest BCUT2D eigenvalue weighted by Crippen LogP contribution is 2.07. The lowest BCUT2D eigenvalue weighted by atomic mass is 10.2. The molecule has 0 saturated heterocycles. The van der Waals surface area contributed by atoms with Crippen molar-refractivity contribution in [2.75, 3.05) is 11.9 Å². The van der Waals surface area contributed by atoms with E-state index in [4.69, 9.17) is 0 Å². The van der Waals surface area contributed by atoms with Gasteiger partial charge < -0.3 is 10.6 Å². The SMILES string of the molecule is O=C(CNc1cnc2sccn2c1=O)NCc1ccccc1. The number of nitrogens with zero attached hydrogens (tertiary/aromatic N) is 2. The molecule has 2 aromatic heterocycles. The summed E-state index contributed by atoms with van der Waals surface area (Å²) < 4.78 is 1.45. The van der Waals surface area contributed by atoms with Crippen LogP contribution in [0.4, 0.5) is 5.69 Å². The van der Waals surface area contributed by atoms with E-state index in [0.717, 1.165) is 5.56 Å². The number of fused-ring (bicyclic) bond motifs is 1. The number of aromatic nitrogens is 2. The quantitative estimate of drug-likeness (QED) is 0.748. The predicted octanol–water partition coefficient (Wildman–Crippen LogP) is 1.48. The smallest absolute Gasteiger partial charge is 0.281 e. The maximum atomic E-state index is 12.1. The summed E-state index contributed by atoms with van der Waals surface area (Å²) in [5, 5.41) is 7.41. The molecule has 1 amide bonds. The summed E-state index contributed by atoms with van der Waals surface area (Å²) in [6.45, 7) is 0.488. The number of thiazole rings is 1.